The Hall–Kier alpha value is -0.300. The Morgan fingerprint density at radius 1 is 1.45 bits per heavy atom. The lowest BCUT2D eigenvalue weighted by molar-refractivity contribution is 0.149. The summed E-state index contributed by atoms with van der Waals surface area (Å²) in [4.78, 5) is 0. The second kappa shape index (κ2) is 6.41. The van der Waals surface area contributed by atoms with Gasteiger partial charge in [0.2, 0.25) is 0 Å². The zero-order valence-corrected chi connectivity index (χ0v) is 8.02. The molecule has 0 aliphatic heterocycles. The molecule has 66 valence electrons. The Labute approximate surface area is 70.4 Å². The summed E-state index contributed by atoms with van der Waals surface area (Å²) < 4.78 is 5.35. The molecule has 0 aromatic carbocycles. The van der Waals surface area contributed by atoms with Gasteiger partial charge in [0, 0.05) is 6.61 Å². The van der Waals surface area contributed by atoms with Crippen LogP contribution in [0.25, 0.3) is 0 Å². The second-order valence-corrected chi connectivity index (χ2v) is 3.55. The van der Waals surface area contributed by atoms with Gasteiger partial charge in [-0.3, -0.25) is 0 Å². The molecule has 0 aromatic heterocycles. The van der Waals surface area contributed by atoms with Crippen LogP contribution >= 0.6 is 0 Å². The molecule has 0 fully saturated rings. The Kier molecular flexibility index (Phi) is 6.24. The van der Waals surface area contributed by atoms with E-state index in [0.717, 1.165) is 24.7 Å². The average Bonchev–Trinajstić information content (AvgIpc) is 1.85. The first-order valence-electron chi connectivity index (χ1n) is 4.35. The molecule has 0 heterocycles. The number of hydrogen-bond donors (Lipinski definition) is 0. The van der Waals surface area contributed by atoms with Gasteiger partial charge in [-0.05, 0) is 25.7 Å². The summed E-state index contributed by atoms with van der Waals surface area (Å²) in [7, 11) is 0. The van der Waals surface area contributed by atoms with Crippen molar-refractivity contribution in [1.29, 1.82) is 0 Å². The van der Waals surface area contributed by atoms with E-state index in [9.17, 15) is 0 Å². The van der Waals surface area contributed by atoms with Crippen LogP contribution in [0.4, 0.5) is 0 Å². The molecule has 0 unspecified atom stereocenters. The van der Waals surface area contributed by atoms with Crippen molar-refractivity contribution in [2.45, 2.75) is 33.6 Å². The minimum absolute atomic E-state index is 0.720. The Bertz CT molecular complexity index is 105. The lowest BCUT2D eigenvalue weighted by atomic mass is 10.1. The molecule has 0 aliphatic carbocycles. The number of hydrogen-bond acceptors (Lipinski definition) is 1. The maximum Gasteiger partial charge on any atom is 0.0671 e. The van der Waals surface area contributed by atoms with E-state index in [4.69, 9.17) is 4.74 Å². The van der Waals surface area contributed by atoms with Crippen molar-refractivity contribution < 1.29 is 4.74 Å². The van der Waals surface area contributed by atoms with E-state index in [2.05, 4.69) is 20.4 Å². The molecule has 0 amide bonds. The summed E-state index contributed by atoms with van der Waals surface area (Å²) >= 11 is 0. The van der Waals surface area contributed by atoms with Crippen LogP contribution in [-0.2, 0) is 4.74 Å². The summed E-state index contributed by atoms with van der Waals surface area (Å²) in [5.74, 6) is 0.795. The van der Waals surface area contributed by atoms with Crippen molar-refractivity contribution in [2.75, 3.05) is 13.2 Å². The van der Waals surface area contributed by atoms with Gasteiger partial charge in [-0.25, -0.2) is 0 Å². The highest BCUT2D eigenvalue weighted by atomic mass is 16.5. The van der Waals surface area contributed by atoms with Gasteiger partial charge in [0.15, 0.2) is 0 Å². The van der Waals surface area contributed by atoms with Gasteiger partial charge >= 0.3 is 0 Å². The van der Waals surface area contributed by atoms with Crippen molar-refractivity contribution in [3.05, 3.63) is 12.2 Å². The van der Waals surface area contributed by atoms with Crippen LogP contribution in [0.1, 0.15) is 33.6 Å². The molecule has 0 rings (SSSR count). The predicted molar refractivity (Wildman–Crippen MR) is 49.7 cm³/mol. The summed E-state index contributed by atoms with van der Waals surface area (Å²) in [5, 5.41) is 0. The third-order valence-electron chi connectivity index (χ3n) is 1.42. The lowest BCUT2D eigenvalue weighted by Gasteiger charge is -2.05. The standard InChI is InChI=1S/C10H20O/c1-9(2)6-5-7-11-8-10(3)4/h9H,3,5-8H2,1-2,4H3. The summed E-state index contributed by atoms with van der Waals surface area (Å²) in [6, 6.07) is 0. The average molecular weight is 156 g/mol. The molecule has 0 saturated heterocycles. The fraction of sp³-hybridized carbons (Fsp3) is 0.800. The molecule has 0 atom stereocenters. The summed E-state index contributed by atoms with van der Waals surface area (Å²) in [6.45, 7) is 11.8. The van der Waals surface area contributed by atoms with Gasteiger partial charge in [-0.2, -0.15) is 0 Å². The molecule has 0 saturated carbocycles. The highest BCUT2D eigenvalue weighted by molar-refractivity contribution is 4.87. The predicted octanol–water partition coefficient (Wildman–Crippen LogP) is 3.02. The van der Waals surface area contributed by atoms with Crippen LogP contribution in [0.5, 0.6) is 0 Å². The molecular weight excluding hydrogens is 136 g/mol. The lowest BCUT2D eigenvalue weighted by Crippen LogP contribution is -1.99. The van der Waals surface area contributed by atoms with E-state index in [1.807, 2.05) is 6.92 Å². The second-order valence-electron chi connectivity index (χ2n) is 3.55. The molecular formula is C10H20O. The van der Waals surface area contributed by atoms with Crippen LogP contribution in [-0.4, -0.2) is 13.2 Å². The van der Waals surface area contributed by atoms with Crippen molar-refractivity contribution in [3.8, 4) is 0 Å². The maximum atomic E-state index is 5.35. The molecule has 0 spiro atoms. The fourth-order valence-corrected chi connectivity index (χ4v) is 0.840. The monoisotopic (exact) mass is 156 g/mol. The van der Waals surface area contributed by atoms with Crippen LogP contribution in [0, 0.1) is 5.92 Å². The van der Waals surface area contributed by atoms with Gasteiger partial charge in [0.05, 0.1) is 6.61 Å². The molecule has 1 nitrogen and oxygen atoms in total. The molecule has 0 aliphatic rings. The molecule has 0 bridgehead atoms. The molecule has 1 heteroatoms. The summed E-state index contributed by atoms with van der Waals surface area (Å²) in [5.41, 5.74) is 1.11. The highest BCUT2D eigenvalue weighted by Gasteiger charge is 1.93. The SMILES string of the molecule is C=C(C)COCCCC(C)C. The van der Waals surface area contributed by atoms with E-state index in [1.54, 1.807) is 0 Å². The first kappa shape index (κ1) is 10.7. The van der Waals surface area contributed by atoms with Gasteiger partial charge in [0.25, 0.3) is 0 Å². The van der Waals surface area contributed by atoms with Crippen LogP contribution in [0.15, 0.2) is 12.2 Å². The van der Waals surface area contributed by atoms with Crippen LogP contribution < -0.4 is 0 Å². The molecule has 0 radical (unpaired) electrons. The van der Waals surface area contributed by atoms with Crippen LogP contribution in [0.2, 0.25) is 0 Å². The van der Waals surface area contributed by atoms with E-state index in [1.165, 1.54) is 12.8 Å². The van der Waals surface area contributed by atoms with Gasteiger partial charge in [-0.15, -0.1) is 0 Å². The fourth-order valence-electron chi connectivity index (χ4n) is 0.840. The Balaban J connectivity index is 2.97. The zero-order valence-electron chi connectivity index (χ0n) is 8.02. The van der Waals surface area contributed by atoms with Crippen molar-refractivity contribution in [1.82, 2.24) is 0 Å². The number of ether oxygens (including phenoxy) is 1. The van der Waals surface area contributed by atoms with Crippen molar-refractivity contribution in [2.24, 2.45) is 5.92 Å². The van der Waals surface area contributed by atoms with E-state index in [-0.39, 0.29) is 0 Å². The quantitative estimate of drug-likeness (QED) is 0.424. The minimum Gasteiger partial charge on any atom is -0.377 e. The molecule has 11 heavy (non-hydrogen) atoms. The van der Waals surface area contributed by atoms with Gasteiger partial charge < -0.3 is 4.74 Å². The zero-order chi connectivity index (χ0) is 8.69. The van der Waals surface area contributed by atoms with Crippen molar-refractivity contribution >= 4 is 0 Å². The third-order valence-corrected chi connectivity index (χ3v) is 1.42. The Morgan fingerprint density at radius 2 is 2.09 bits per heavy atom. The normalized spacial score (nSPS) is 10.5. The van der Waals surface area contributed by atoms with Crippen LogP contribution in [0.3, 0.4) is 0 Å². The minimum atomic E-state index is 0.720. The Morgan fingerprint density at radius 3 is 2.55 bits per heavy atom. The summed E-state index contributed by atoms with van der Waals surface area (Å²) in [6.07, 6.45) is 2.43. The first-order valence-corrected chi connectivity index (χ1v) is 4.35. The van der Waals surface area contributed by atoms with Gasteiger partial charge in [0.1, 0.15) is 0 Å². The third kappa shape index (κ3) is 9.70. The number of rotatable bonds is 6. The largest absolute Gasteiger partial charge is 0.377 e. The van der Waals surface area contributed by atoms with E-state index in [0.29, 0.717) is 0 Å². The van der Waals surface area contributed by atoms with E-state index < -0.39 is 0 Å². The topological polar surface area (TPSA) is 9.23 Å². The molecule has 0 N–H and O–H groups in total. The van der Waals surface area contributed by atoms with Gasteiger partial charge in [-0.1, -0.05) is 26.0 Å². The maximum absolute atomic E-state index is 5.35. The smallest absolute Gasteiger partial charge is 0.0671 e. The highest BCUT2D eigenvalue weighted by Crippen LogP contribution is 2.03. The first-order chi connectivity index (χ1) is 5.13. The van der Waals surface area contributed by atoms with E-state index >= 15 is 0 Å². The van der Waals surface area contributed by atoms with Crippen molar-refractivity contribution in [3.63, 3.8) is 0 Å². The molecule has 0 aromatic rings.